The van der Waals surface area contributed by atoms with Gasteiger partial charge in [-0.2, -0.15) is 0 Å². The van der Waals surface area contributed by atoms with Gasteiger partial charge >= 0.3 is 0 Å². The SMILES string of the molecule is OCC1CCN(Cc2csc(-c3ccco3)n2)CC1. The fourth-order valence-corrected chi connectivity index (χ4v) is 3.23. The van der Waals surface area contributed by atoms with Gasteiger partial charge in [0.1, 0.15) is 0 Å². The van der Waals surface area contributed by atoms with E-state index < -0.39 is 0 Å². The van der Waals surface area contributed by atoms with Crippen LogP contribution < -0.4 is 0 Å². The second-order valence-electron chi connectivity index (χ2n) is 5.02. The molecule has 0 atom stereocenters. The zero-order valence-corrected chi connectivity index (χ0v) is 11.6. The molecule has 4 nitrogen and oxygen atoms in total. The van der Waals surface area contributed by atoms with Crippen molar-refractivity contribution >= 4 is 11.3 Å². The molecule has 0 aromatic carbocycles. The number of furan rings is 1. The summed E-state index contributed by atoms with van der Waals surface area (Å²) in [7, 11) is 0. The van der Waals surface area contributed by atoms with Crippen molar-refractivity contribution in [2.24, 2.45) is 5.92 Å². The van der Waals surface area contributed by atoms with E-state index in [0.717, 1.165) is 48.9 Å². The van der Waals surface area contributed by atoms with E-state index >= 15 is 0 Å². The van der Waals surface area contributed by atoms with E-state index in [-0.39, 0.29) is 0 Å². The van der Waals surface area contributed by atoms with Crippen LogP contribution in [0.1, 0.15) is 18.5 Å². The summed E-state index contributed by atoms with van der Waals surface area (Å²) in [4.78, 5) is 7.03. The first kappa shape index (κ1) is 12.8. The number of aliphatic hydroxyl groups is 1. The summed E-state index contributed by atoms with van der Waals surface area (Å²) >= 11 is 1.63. The van der Waals surface area contributed by atoms with Gasteiger partial charge in [0.2, 0.25) is 0 Å². The minimum absolute atomic E-state index is 0.327. The molecule has 0 spiro atoms. The molecule has 19 heavy (non-hydrogen) atoms. The van der Waals surface area contributed by atoms with Crippen molar-refractivity contribution in [3.8, 4) is 10.8 Å². The highest BCUT2D eigenvalue weighted by atomic mass is 32.1. The van der Waals surface area contributed by atoms with Gasteiger partial charge in [0.25, 0.3) is 0 Å². The Hall–Kier alpha value is -1.17. The van der Waals surface area contributed by atoms with E-state index in [1.165, 1.54) is 0 Å². The van der Waals surface area contributed by atoms with Gasteiger partial charge in [-0.3, -0.25) is 4.90 Å². The Balaban J connectivity index is 1.59. The van der Waals surface area contributed by atoms with Crippen molar-refractivity contribution in [3.05, 3.63) is 29.5 Å². The van der Waals surface area contributed by atoms with E-state index in [1.807, 2.05) is 12.1 Å². The van der Waals surface area contributed by atoms with Crippen molar-refractivity contribution < 1.29 is 9.52 Å². The topological polar surface area (TPSA) is 49.5 Å². The molecule has 3 rings (SSSR count). The van der Waals surface area contributed by atoms with Gasteiger partial charge in [-0.1, -0.05) is 0 Å². The third-order valence-corrected chi connectivity index (χ3v) is 4.54. The van der Waals surface area contributed by atoms with E-state index in [1.54, 1.807) is 17.6 Å². The fraction of sp³-hybridized carbons (Fsp3) is 0.500. The van der Waals surface area contributed by atoms with Gasteiger partial charge in [0.05, 0.1) is 12.0 Å². The van der Waals surface area contributed by atoms with Crippen molar-refractivity contribution in [3.63, 3.8) is 0 Å². The van der Waals surface area contributed by atoms with Crippen LogP contribution >= 0.6 is 11.3 Å². The van der Waals surface area contributed by atoms with Crippen LogP contribution in [0.4, 0.5) is 0 Å². The minimum Gasteiger partial charge on any atom is -0.462 e. The van der Waals surface area contributed by atoms with Gasteiger partial charge < -0.3 is 9.52 Å². The number of thiazole rings is 1. The number of aromatic nitrogens is 1. The lowest BCUT2D eigenvalue weighted by atomic mass is 9.98. The summed E-state index contributed by atoms with van der Waals surface area (Å²) in [6.07, 6.45) is 3.85. The van der Waals surface area contributed by atoms with E-state index in [4.69, 9.17) is 9.52 Å². The molecule has 1 N–H and O–H groups in total. The lowest BCUT2D eigenvalue weighted by molar-refractivity contribution is 0.126. The first-order valence-corrected chi connectivity index (χ1v) is 7.54. The van der Waals surface area contributed by atoms with Gasteiger partial charge in [0.15, 0.2) is 10.8 Å². The molecule has 0 saturated carbocycles. The zero-order chi connectivity index (χ0) is 13.1. The molecule has 1 fully saturated rings. The molecule has 2 aromatic heterocycles. The van der Waals surface area contributed by atoms with Gasteiger partial charge in [-0.05, 0) is 44.0 Å². The molecule has 0 radical (unpaired) electrons. The molecule has 1 aliphatic heterocycles. The van der Waals surface area contributed by atoms with Gasteiger partial charge in [-0.15, -0.1) is 11.3 Å². The number of likely N-dealkylation sites (tertiary alicyclic amines) is 1. The highest BCUT2D eigenvalue weighted by molar-refractivity contribution is 7.13. The number of nitrogens with zero attached hydrogens (tertiary/aromatic N) is 2. The largest absolute Gasteiger partial charge is 0.462 e. The smallest absolute Gasteiger partial charge is 0.162 e. The predicted molar refractivity (Wildman–Crippen MR) is 74.9 cm³/mol. The summed E-state index contributed by atoms with van der Waals surface area (Å²) in [6.45, 7) is 3.33. The van der Waals surface area contributed by atoms with E-state index in [9.17, 15) is 0 Å². The minimum atomic E-state index is 0.327. The molecular formula is C14H18N2O2S. The molecule has 2 aromatic rings. The van der Waals surface area contributed by atoms with Crippen molar-refractivity contribution in [1.82, 2.24) is 9.88 Å². The third kappa shape index (κ3) is 3.05. The molecule has 5 heteroatoms. The van der Waals surface area contributed by atoms with Crippen LogP contribution in [0.25, 0.3) is 10.8 Å². The van der Waals surface area contributed by atoms with Crippen LogP contribution in [0, 0.1) is 5.92 Å². The molecule has 102 valence electrons. The molecule has 1 saturated heterocycles. The van der Waals surface area contributed by atoms with Crippen LogP contribution in [0.5, 0.6) is 0 Å². The highest BCUT2D eigenvalue weighted by Gasteiger charge is 2.19. The van der Waals surface area contributed by atoms with Gasteiger partial charge in [0, 0.05) is 18.5 Å². The Morgan fingerprint density at radius 3 is 2.95 bits per heavy atom. The summed E-state index contributed by atoms with van der Waals surface area (Å²) in [5, 5.41) is 12.2. The number of aliphatic hydroxyl groups excluding tert-OH is 1. The first-order chi connectivity index (χ1) is 9.35. The zero-order valence-electron chi connectivity index (χ0n) is 10.8. The van der Waals surface area contributed by atoms with Crippen LogP contribution in [0.15, 0.2) is 28.2 Å². The summed E-state index contributed by atoms with van der Waals surface area (Å²) in [6, 6.07) is 3.82. The molecule has 1 aliphatic rings. The molecule has 0 amide bonds. The predicted octanol–water partition coefficient (Wildman–Crippen LogP) is 2.61. The summed E-state index contributed by atoms with van der Waals surface area (Å²) < 4.78 is 5.36. The molecule has 0 bridgehead atoms. The van der Waals surface area contributed by atoms with Crippen LogP contribution in [0.2, 0.25) is 0 Å². The lowest BCUT2D eigenvalue weighted by Gasteiger charge is -2.30. The summed E-state index contributed by atoms with van der Waals surface area (Å²) in [5.41, 5.74) is 1.11. The number of rotatable bonds is 4. The number of piperidine rings is 1. The van der Waals surface area contributed by atoms with E-state index in [2.05, 4.69) is 15.3 Å². The maximum absolute atomic E-state index is 9.14. The maximum atomic E-state index is 9.14. The maximum Gasteiger partial charge on any atom is 0.162 e. The Morgan fingerprint density at radius 2 is 2.26 bits per heavy atom. The highest BCUT2D eigenvalue weighted by Crippen LogP contribution is 2.25. The Morgan fingerprint density at radius 1 is 1.42 bits per heavy atom. The lowest BCUT2D eigenvalue weighted by Crippen LogP contribution is -2.34. The standard InChI is InChI=1S/C14H18N2O2S/c17-9-11-3-5-16(6-4-11)8-12-10-19-14(15-12)13-2-1-7-18-13/h1-2,7,10-11,17H,3-6,8-9H2. The van der Waals surface area contributed by atoms with Crippen molar-refractivity contribution in [2.45, 2.75) is 19.4 Å². The summed E-state index contributed by atoms with van der Waals surface area (Å²) in [5.74, 6) is 1.33. The average Bonchev–Trinajstić information content (AvgIpc) is 3.10. The molecule has 0 unspecified atom stereocenters. The van der Waals surface area contributed by atoms with Crippen LogP contribution in [-0.2, 0) is 6.54 Å². The number of hydrogen-bond donors (Lipinski definition) is 1. The normalized spacial score (nSPS) is 17.9. The Kier molecular flexibility index (Phi) is 3.96. The first-order valence-electron chi connectivity index (χ1n) is 6.66. The molecule has 3 heterocycles. The Labute approximate surface area is 116 Å². The molecular weight excluding hydrogens is 260 g/mol. The fourth-order valence-electron chi connectivity index (χ4n) is 2.45. The van der Waals surface area contributed by atoms with Crippen molar-refractivity contribution in [2.75, 3.05) is 19.7 Å². The Bertz CT molecular complexity index is 501. The third-order valence-electron chi connectivity index (χ3n) is 3.63. The second kappa shape index (κ2) is 5.86. The molecule has 0 aliphatic carbocycles. The van der Waals surface area contributed by atoms with Crippen LogP contribution in [-0.4, -0.2) is 34.7 Å². The quantitative estimate of drug-likeness (QED) is 0.934. The average molecular weight is 278 g/mol. The van der Waals surface area contributed by atoms with Gasteiger partial charge in [-0.25, -0.2) is 4.98 Å². The van der Waals surface area contributed by atoms with E-state index in [0.29, 0.717) is 12.5 Å². The second-order valence-corrected chi connectivity index (χ2v) is 5.88. The monoisotopic (exact) mass is 278 g/mol. The number of hydrogen-bond acceptors (Lipinski definition) is 5. The van der Waals surface area contributed by atoms with Crippen LogP contribution in [0.3, 0.4) is 0 Å². The van der Waals surface area contributed by atoms with Crippen molar-refractivity contribution in [1.29, 1.82) is 0 Å².